The fourth-order valence-electron chi connectivity index (χ4n) is 1.21. The molecule has 1 aromatic carbocycles. The van der Waals surface area contributed by atoms with Gasteiger partial charge in [-0.1, -0.05) is 0 Å². The molecule has 0 spiro atoms. The summed E-state index contributed by atoms with van der Waals surface area (Å²) < 4.78 is 9.68. The molecule has 0 aliphatic carbocycles. The van der Waals surface area contributed by atoms with Crippen LogP contribution in [0.25, 0.3) is 0 Å². The Kier molecular flexibility index (Phi) is 5.16. The SMILES string of the molecule is COCCNC(=O)c1ccc(OC(C)=O)cc1. The maximum Gasteiger partial charge on any atom is 0.308 e. The van der Waals surface area contributed by atoms with Gasteiger partial charge in [0.05, 0.1) is 6.61 Å². The van der Waals surface area contributed by atoms with Crippen LogP contribution >= 0.6 is 0 Å². The lowest BCUT2D eigenvalue weighted by molar-refractivity contribution is -0.131. The minimum Gasteiger partial charge on any atom is -0.427 e. The number of carbonyl (C=O) groups excluding carboxylic acids is 2. The van der Waals surface area contributed by atoms with E-state index in [0.717, 1.165) is 0 Å². The molecule has 0 saturated heterocycles. The molecule has 1 amide bonds. The first kappa shape index (κ1) is 13.2. The zero-order valence-electron chi connectivity index (χ0n) is 9.86. The van der Waals surface area contributed by atoms with Crippen molar-refractivity contribution in [2.45, 2.75) is 6.92 Å². The van der Waals surface area contributed by atoms with Gasteiger partial charge in [-0.15, -0.1) is 0 Å². The third-order valence-electron chi connectivity index (χ3n) is 1.97. The van der Waals surface area contributed by atoms with Crippen LogP contribution in [0, 0.1) is 0 Å². The summed E-state index contributed by atoms with van der Waals surface area (Å²) in [4.78, 5) is 22.3. The largest absolute Gasteiger partial charge is 0.427 e. The summed E-state index contributed by atoms with van der Waals surface area (Å²) >= 11 is 0. The van der Waals surface area contributed by atoms with Crippen LogP contribution < -0.4 is 10.1 Å². The van der Waals surface area contributed by atoms with Crippen molar-refractivity contribution in [3.05, 3.63) is 29.8 Å². The van der Waals surface area contributed by atoms with E-state index in [0.29, 0.717) is 24.5 Å². The molecule has 0 aliphatic rings. The quantitative estimate of drug-likeness (QED) is 0.471. The molecule has 0 saturated carbocycles. The first-order valence-electron chi connectivity index (χ1n) is 5.19. The Morgan fingerprint density at radius 2 is 1.88 bits per heavy atom. The smallest absolute Gasteiger partial charge is 0.308 e. The number of rotatable bonds is 5. The molecular formula is C12H15NO4. The number of amides is 1. The number of benzene rings is 1. The minimum atomic E-state index is -0.387. The van der Waals surface area contributed by atoms with Crippen LogP contribution in [0.4, 0.5) is 0 Å². The van der Waals surface area contributed by atoms with E-state index in [4.69, 9.17) is 9.47 Å². The Labute approximate surface area is 99.7 Å². The third-order valence-corrected chi connectivity index (χ3v) is 1.97. The van der Waals surface area contributed by atoms with E-state index in [1.165, 1.54) is 6.92 Å². The van der Waals surface area contributed by atoms with E-state index < -0.39 is 0 Å². The second-order valence-electron chi connectivity index (χ2n) is 3.37. The summed E-state index contributed by atoms with van der Waals surface area (Å²) in [5, 5.41) is 2.69. The van der Waals surface area contributed by atoms with Gasteiger partial charge in [0.1, 0.15) is 5.75 Å². The van der Waals surface area contributed by atoms with Crippen molar-refractivity contribution in [3.63, 3.8) is 0 Å². The van der Waals surface area contributed by atoms with Gasteiger partial charge in [-0.3, -0.25) is 9.59 Å². The van der Waals surface area contributed by atoms with Crippen LogP contribution in [-0.2, 0) is 9.53 Å². The van der Waals surface area contributed by atoms with E-state index in [1.54, 1.807) is 31.4 Å². The Bertz CT molecular complexity index is 386. The molecular weight excluding hydrogens is 222 g/mol. The fourth-order valence-corrected chi connectivity index (χ4v) is 1.21. The molecule has 5 nitrogen and oxygen atoms in total. The highest BCUT2D eigenvalue weighted by Gasteiger charge is 2.05. The van der Waals surface area contributed by atoms with Crippen molar-refractivity contribution in [1.29, 1.82) is 0 Å². The number of nitrogens with one attached hydrogen (secondary N) is 1. The van der Waals surface area contributed by atoms with Gasteiger partial charge < -0.3 is 14.8 Å². The van der Waals surface area contributed by atoms with Crippen LogP contribution in [0.1, 0.15) is 17.3 Å². The van der Waals surface area contributed by atoms with Crippen LogP contribution in [0.5, 0.6) is 5.75 Å². The standard InChI is InChI=1S/C12H15NO4/c1-9(14)17-11-5-3-10(4-6-11)12(15)13-7-8-16-2/h3-6H,7-8H2,1-2H3,(H,13,15). The Balaban J connectivity index is 2.54. The fraction of sp³-hybridized carbons (Fsp3) is 0.333. The van der Waals surface area contributed by atoms with Gasteiger partial charge in [0.2, 0.25) is 0 Å². The third kappa shape index (κ3) is 4.65. The predicted octanol–water partition coefficient (Wildman–Crippen LogP) is 0.988. The maximum absolute atomic E-state index is 11.6. The number of hydrogen-bond acceptors (Lipinski definition) is 4. The molecule has 1 N–H and O–H groups in total. The molecule has 0 radical (unpaired) electrons. The molecule has 0 aromatic heterocycles. The highest BCUT2D eigenvalue weighted by atomic mass is 16.5. The molecule has 1 rings (SSSR count). The van der Waals surface area contributed by atoms with Gasteiger partial charge in [-0.05, 0) is 24.3 Å². The molecule has 0 unspecified atom stereocenters. The van der Waals surface area contributed by atoms with E-state index in [1.807, 2.05) is 0 Å². The van der Waals surface area contributed by atoms with Crippen molar-refractivity contribution < 1.29 is 19.1 Å². The first-order chi connectivity index (χ1) is 8.13. The zero-order valence-corrected chi connectivity index (χ0v) is 9.86. The van der Waals surface area contributed by atoms with E-state index in [2.05, 4.69) is 5.32 Å². The lowest BCUT2D eigenvalue weighted by Gasteiger charge is -2.05. The summed E-state index contributed by atoms with van der Waals surface area (Å²) in [5.74, 6) is -0.148. The van der Waals surface area contributed by atoms with Gasteiger partial charge >= 0.3 is 5.97 Å². The number of methoxy groups -OCH3 is 1. The van der Waals surface area contributed by atoms with Crippen molar-refractivity contribution in [2.75, 3.05) is 20.3 Å². The summed E-state index contributed by atoms with van der Waals surface area (Å²) in [5.41, 5.74) is 0.511. The van der Waals surface area contributed by atoms with Crippen LogP contribution in [0.15, 0.2) is 24.3 Å². The lowest BCUT2D eigenvalue weighted by atomic mass is 10.2. The second kappa shape index (κ2) is 6.65. The van der Waals surface area contributed by atoms with Crippen molar-refractivity contribution in [3.8, 4) is 5.75 Å². The second-order valence-corrected chi connectivity index (χ2v) is 3.37. The summed E-state index contributed by atoms with van der Waals surface area (Å²) in [6, 6.07) is 6.35. The lowest BCUT2D eigenvalue weighted by Crippen LogP contribution is -2.26. The van der Waals surface area contributed by atoms with Crippen molar-refractivity contribution in [2.24, 2.45) is 0 Å². The monoisotopic (exact) mass is 237 g/mol. The van der Waals surface area contributed by atoms with Gasteiger partial charge in [-0.25, -0.2) is 0 Å². The summed E-state index contributed by atoms with van der Waals surface area (Å²) in [6.45, 7) is 2.25. The normalized spacial score (nSPS) is 9.76. The molecule has 5 heteroatoms. The molecule has 0 bridgehead atoms. The maximum atomic E-state index is 11.6. The number of ether oxygens (including phenoxy) is 2. The predicted molar refractivity (Wildman–Crippen MR) is 62.0 cm³/mol. The van der Waals surface area contributed by atoms with Gasteiger partial charge in [0.15, 0.2) is 0 Å². The minimum absolute atomic E-state index is 0.184. The average Bonchev–Trinajstić information content (AvgIpc) is 2.29. The molecule has 92 valence electrons. The average molecular weight is 237 g/mol. The topological polar surface area (TPSA) is 64.6 Å². The summed E-state index contributed by atoms with van der Waals surface area (Å²) in [6.07, 6.45) is 0. The van der Waals surface area contributed by atoms with E-state index >= 15 is 0 Å². The highest BCUT2D eigenvalue weighted by molar-refractivity contribution is 5.94. The van der Waals surface area contributed by atoms with Crippen molar-refractivity contribution >= 4 is 11.9 Å². The van der Waals surface area contributed by atoms with Gasteiger partial charge in [0.25, 0.3) is 5.91 Å². The Morgan fingerprint density at radius 1 is 1.24 bits per heavy atom. The molecule has 0 atom stereocenters. The Morgan fingerprint density at radius 3 is 2.41 bits per heavy atom. The molecule has 0 heterocycles. The summed E-state index contributed by atoms with van der Waals surface area (Å²) in [7, 11) is 1.57. The van der Waals surface area contributed by atoms with Gasteiger partial charge in [-0.2, -0.15) is 0 Å². The number of hydrogen-bond donors (Lipinski definition) is 1. The van der Waals surface area contributed by atoms with Gasteiger partial charge in [0, 0.05) is 26.1 Å². The van der Waals surface area contributed by atoms with Crippen molar-refractivity contribution in [1.82, 2.24) is 5.32 Å². The number of carbonyl (C=O) groups is 2. The highest BCUT2D eigenvalue weighted by Crippen LogP contribution is 2.12. The molecule has 17 heavy (non-hydrogen) atoms. The van der Waals surface area contributed by atoms with E-state index in [9.17, 15) is 9.59 Å². The van der Waals surface area contributed by atoms with E-state index in [-0.39, 0.29) is 11.9 Å². The molecule has 0 aliphatic heterocycles. The molecule has 1 aromatic rings. The zero-order chi connectivity index (χ0) is 12.7. The van der Waals surface area contributed by atoms with Crippen LogP contribution in [-0.4, -0.2) is 32.1 Å². The Hall–Kier alpha value is -1.88. The molecule has 0 fully saturated rings. The first-order valence-corrected chi connectivity index (χ1v) is 5.19. The number of esters is 1. The van der Waals surface area contributed by atoms with Crippen LogP contribution in [0.3, 0.4) is 0 Å². The van der Waals surface area contributed by atoms with Crippen LogP contribution in [0.2, 0.25) is 0 Å².